The lowest BCUT2D eigenvalue weighted by Gasteiger charge is -2.33. The van der Waals surface area contributed by atoms with Crippen molar-refractivity contribution in [2.24, 2.45) is 5.41 Å². The molecule has 1 amide bonds. The van der Waals surface area contributed by atoms with Crippen LogP contribution < -0.4 is 10.1 Å². The van der Waals surface area contributed by atoms with E-state index in [9.17, 15) is 9.59 Å². The number of amides is 1. The Bertz CT molecular complexity index is 957. The maximum Gasteiger partial charge on any atom is 0.266 e. The zero-order chi connectivity index (χ0) is 22.8. The highest BCUT2D eigenvalue weighted by Gasteiger charge is 2.37. The number of anilines is 1. The molecule has 0 saturated carbocycles. The molecule has 31 heavy (non-hydrogen) atoms. The van der Waals surface area contributed by atoms with Gasteiger partial charge in [-0.2, -0.15) is 0 Å². The maximum atomic E-state index is 13.4. The first-order chi connectivity index (χ1) is 14.6. The van der Waals surface area contributed by atoms with Crippen LogP contribution in [0.25, 0.3) is 0 Å². The van der Waals surface area contributed by atoms with Crippen LogP contribution in [0.1, 0.15) is 82.3 Å². The van der Waals surface area contributed by atoms with Gasteiger partial charge in [-0.1, -0.05) is 65.8 Å². The van der Waals surface area contributed by atoms with Crippen molar-refractivity contribution in [3.05, 3.63) is 59.2 Å². The average Bonchev–Trinajstić information content (AvgIpc) is 3.14. The Morgan fingerprint density at radius 2 is 1.68 bits per heavy atom. The Hall–Kier alpha value is -2.62. The van der Waals surface area contributed by atoms with Crippen molar-refractivity contribution in [3.8, 4) is 5.75 Å². The molecule has 1 N–H and O–H groups in total. The molecule has 3 rings (SSSR count). The standard InChI is InChI=1S/C27H35NO3/c1-7-26(3,4)18-12-14-19(15-13-18)31-24(27(5,6)8-2)25(30)28-22-11-9-10-21-20(22)16-17-23(21)29/h9-15,24H,7-8,16-17H2,1-6H3,(H,28,30). The fourth-order valence-electron chi connectivity index (χ4n) is 3.88. The van der Waals surface area contributed by atoms with E-state index in [2.05, 4.69) is 45.1 Å². The second kappa shape index (κ2) is 8.86. The molecule has 166 valence electrons. The normalized spacial score (nSPS) is 14.8. The molecule has 4 heteroatoms. The van der Waals surface area contributed by atoms with Gasteiger partial charge in [0.15, 0.2) is 11.9 Å². The van der Waals surface area contributed by atoms with E-state index in [0.717, 1.165) is 24.0 Å². The molecule has 0 radical (unpaired) electrons. The summed E-state index contributed by atoms with van der Waals surface area (Å²) in [6.45, 7) is 12.8. The van der Waals surface area contributed by atoms with Gasteiger partial charge in [-0.15, -0.1) is 0 Å². The Morgan fingerprint density at radius 3 is 2.29 bits per heavy atom. The van der Waals surface area contributed by atoms with E-state index in [1.54, 1.807) is 0 Å². The highest BCUT2D eigenvalue weighted by Crippen LogP contribution is 2.34. The molecule has 1 atom stereocenters. The molecule has 2 aromatic rings. The Balaban J connectivity index is 1.84. The van der Waals surface area contributed by atoms with Crippen molar-refractivity contribution in [3.63, 3.8) is 0 Å². The molecule has 0 aromatic heterocycles. The minimum atomic E-state index is -0.657. The maximum absolute atomic E-state index is 13.4. The zero-order valence-electron chi connectivity index (χ0n) is 19.7. The van der Waals surface area contributed by atoms with Gasteiger partial charge in [0.05, 0.1) is 0 Å². The molecule has 1 unspecified atom stereocenters. The number of ketones is 1. The van der Waals surface area contributed by atoms with Crippen molar-refractivity contribution < 1.29 is 14.3 Å². The van der Waals surface area contributed by atoms with E-state index in [0.29, 0.717) is 24.3 Å². The number of rotatable bonds is 8. The van der Waals surface area contributed by atoms with E-state index in [4.69, 9.17) is 4.74 Å². The van der Waals surface area contributed by atoms with E-state index in [1.807, 2.05) is 44.2 Å². The molecular formula is C27H35NO3. The molecule has 1 aliphatic rings. The molecule has 2 aromatic carbocycles. The minimum absolute atomic E-state index is 0.100. The predicted octanol–water partition coefficient (Wildman–Crippen LogP) is 6.33. The van der Waals surface area contributed by atoms with Gasteiger partial charge in [0.1, 0.15) is 5.75 Å². The van der Waals surface area contributed by atoms with Crippen LogP contribution in [0, 0.1) is 5.41 Å². The van der Waals surface area contributed by atoms with Crippen molar-refractivity contribution in [1.82, 2.24) is 0 Å². The number of benzene rings is 2. The predicted molar refractivity (Wildman–Crippen MR) is 126 cm³/mol. The van der Waals surface area contributed by atoms with Crippen molar-refractivity contribution in [1.29, 1.82) is 0 Å². The van der Waals surface area contributed by atoms with Crippen molar-refractivity contribution >= 4 is 17.4 Å². The summed E-state index contributed by atoms with van der Waals surface area (Å²) in [6, 6.07) is 13.6. The number of carbonyl (C=O) groups excluding carboxylic acids is 2. The molecule has 4 nitrogen and oxygen atoms in total. The Kier molecular flexibility index (Phi) is 6.59. The zero-order valence-corrected chi connectivity index (χ0v) is 19.7. The number of carbonyl (C=O) groups is 2. The SMILES string of the molecule is CCC(C)(C)c1ccc(OC(C(=O)Nc2cccc3c2CCC3=O)C(C)(C)CC)cc1. The van der Waals surface area contributed by atoms with Gasteiger partial charge in [0, 0.05) is 23.1 Å². The van der Waals surface area contributed by atoms with Gasteiger partial charge in [0.25, 0.3) is 5.91 Å². The van der Waals surface area contributed by atoms with Gasteiger partial charge in [-0.25, -0.2) is 0 Å². The lowest BCUT2D eigenvalue weighted by atomic mass is 9.82. The fourth-order valence-corrected chi connectivity index (χ4v) is 3.88. The molecule has 0 heterocycles. The van der Waals surface area contributed by atoms with Crippen LogP contribution >= 0.6 is 0 Å². The van der Waals surface area contributed by atoms with Crippen LogP contribution in [0.5, 0.6) is 5.75 Å². The van der Waals surface area contributed by atoms with Gasteiger partial charge in [-0.05, 0) is 54.0 Å². The third kappa shape index (κ3) is 4.84. The summed E-state index contributed by atoms with van der Waals surface area (Å²) >= 11 is 0. The van der Waals surface area contributed by atoms with Crippen molar-refractivity contribution in [2.45, 2.75) is 78.7 Å². The summed E-state index contributed by atoms with van der Waals surface area (Å²) in [4.78, 5) is 25.4. The van der Waals surface area contributed by atoms with Gasteiger partial charge >= 0.3 is 0 Å². The molecular weight excluding hydrogens is 386 g/mol. The lowest BCUT2D eigenvalue weighted by Crippen LogP contribution is -2.44. The highest BCUT2D eigenvalue weighted by atomic mass is 16.5. The quantitative estimate of drug-likeness (QED) is 0.542. The summed E-state index contributed by atoms with van der Waals surface area (Å²) in [5.41, 5.74) is 3.36. The topological polar surface area (TPSA) is 55.4 Å². The average molecular weight is 422 g/mol. The van der Waals surface area contributed by atoms with E-state index < -0.39 is 6.10 Å². The summed E-state index contributed by atoms with van der Waals surface area (Å²) in [5, 5.41) is 3.05. The van der Waals surface area contributed by atoms with Crippen LogP contribution in [-0.4, -0.2) is 17.8 Å². The minimum Gasteiger partial charge on any atom is -0.480 e. The monoisotopic (exact) mass is 421 g/mol. The first-order valence-electron chi connectivity index (χ1n) is 11.3. The molecule has 0 aliphatic heterocycles. The Morgan fingerprint density at radius 1 is 1.00 bits per heavy atom. The van der Waals surface area contributed by atoms with Gasteiger partial charge in [-0.3, -0.25) is 9.59 Å². The molecule has 0 bridgehead atoms. The van der Waals surface area contributed by atoms with Crippen LogP contribution in [0.4, 0.5) is 5.69 Å². The molecule has 0 saturated heterocycles. The fraction of sp³-hybridized carbons (Fsp3) is 0.481. The van der Waals surface area contributed by atoms with Crippen LogP contribution in [0.2, 0.25) is 0 Å². The number of hydrogen-bond donors (Lipinski definition) is 1. The lowest BCUT2D eigenvalue weighted by molar-refractivity contribution is -0.127. The molecule has 1 aliphatic carbocycles. The largest absolute Gasteiger partial charge is 0.480 e. The second-order valence-electron chi connectivity index (χ2n) is 9.85. The van der Waals surface area contributed by atoms with Crippen LogP contribution in [0.15, 0.2) is 42.5 Å². The summed E-state index contributed by atoms with van der Waals surface area (Å²) < 4.78 is 6.27. The first-order valence-corrected chi connectivity index (χ1v) is 11.3. The van der Waals surface area contributed by atoms with Crippen LogP contribution in [-0.2, 0) is 16.6 Å². The van der Waals surface area contributed by atoms with E-state index in [1.165, 1.54) is 5.56 Å². The van der Waals surface area contributed by atoms with Crippen molar-refractivity contribution in [2.75, 3.05) is 5.32 Å². The van der Waals surface area contributed by atoms with E-state index >= 15 is 0 Å². The second-order valence-corrected chi connectivity index (χ2v) is 9.85. The Labute approximate surface area is 186 Å². The first kappa shape index (κ1) is 23.1. The number of ether oxygens (including phenoxy) is 1. The summed E-state index contributed by atoms with van der Waals surface area (Å²) in [5.74, 6) is 0.645. The summed E-state index contributed by atoms with van der Waals surface area (Å²) in [6.07, 6.45) is 2.35. The highest BCUT2D eigenvalue weighted by molar-refractivity contribution is 6.04. The number of hydrogen-bond acceptors (Lipinski definition) is 3. The smallest absolute Gasteiger partial charge is 0.266 e. The molecule has 0 fully saturated rings. The molecule has 0 spiro atoms. The van der Waals surface area contributed by atoms with Crippen LogP contribution in [0.3, 0.4) is 0 Å². The van der Waals surface area contributed by atoms with E-state index in [-0.39, 0.29) is 22.5 Å². The van der Waals surface area contributed by atoms with Gasteiger partial charge in [0.2, 0.25) is 0 Å². The third-order valence-corrected chi connectivity index (χ3v) is 6.97. The third-order valence-electron chi connectivity index (χ3n) is 6.97. The number of fused-ring (bicyclic) bond motifs is 1. The summed E-state index contributed by atoms with van der Waals surface area (Å²) in [7, 11) is 0. The number of nitrogens with one attached hydrogen (secondary N) is 1. The number of Topliss-reactive ketones (excluding diaryl/α,β-unsaturated/α-hetero) is 1. The van der Waals surface area contributed by atoms with Gasteiger partial charge < -0.3 is 10.1 Å².